The van der Waals surface area contributed by atoms with Gasteiger partial charge in [0.05, 0.1) is 10.8 Å². The Labute approximate surface area is 165 Å². The zero-order chi connectivity index (χ0) is 20.3. The second-order valence-corrected chi connectivity index (χ2v) is 7.34. The van der Waals surface area contributed by atoms with Gasteiger partial charge in [-0.05, 0) is 43.3 Å². The van der Waals surface area contributed by atoms with Gasteiger partial charge in [0.15, 0.2) is 11.0 Å². The topological polar surface area (TPSA) is 103 Å². The summed E-state index contributed by atoms with van der Waals surface area (Å²) in [6, 6.07) is 12.6. The highest BCUT2D eigenvalue weighted by Crippen LogP contribution is 2.27. The third-order valence-electron chi connectivity index (χ3n) is 4.04. The van der Waals surface area contributed by atoms with Gasteiger partial charge in [-0.2, -0.15) is 0 Å². The Morgan fingerprint density at radius 2 is 1.82 bits per heavy atom. The number of rotatable bonds is 6. The van der Waals surface area contributed by atoms with Crippen LogP contribution in [0, 0.1) is 5.82 Å². The second-order valence-electron chi connectivity index (χ2n) is 6.04. The minimum absolute atomic E-state index is 0.243. The first-order chi connectivity index (χ1) is 13.4. The van der Waals surface area contributed by atoms with Crippen LogP contribution in [-0.4, -0.2) is 31.8 Å². The molecule has 3 rings (SSSR count). The quantitative estimate of drug-likeness (QED) is 0.621. The van der Waals surface area contributed by atoms with E-state index in [-0.39, 0.29) is 11.7 Å². The number of nitrogens with zero attached hydrogens (tertiary/aromatic N) is 3. The van der Waals surface area contributed by atoms with Gasteiger partial charge >= 0.3 is 0 Å². The lowest BCUT2D eigenvalue weighted by Crippen LogP contribution is -2.23. The maximum absolute atomic E-state index is 14.0. The molecule has 28 heavy (non-hydrogen) atoms. The molecule has 0 radical (unpaired) electrons. The van der Waals surface area contributed by atoms with Crippen molar-refractivity contribution in [1.82, 2.24) is 14.8 Å². The number of hydrogen-bond acceptors (Lipinski definition) is 5. The molecule has 0 saturated heterocycles. The molecule has 1 aromatic heterocycles. The van der Waals surface area contributed by atoms with Crippen LogP contribution >= 0.6 is 11.8 Å². The van der Waals surface area contributed by atoms with Crippen LogP contribution in [0.1, 0.15) is 17.3 Å². The van der Waals surface area contributed by atoms with Crippen LogP contribution in [-0.2, 0) is 11.8 Å². The molecule has 144 valence electrons. The Balaban J connectivity index is 1.69. The Hall–Kier alpha value is -3.20. The van der Waals surface area contributed by atoms with Crippen molar-refractivity contribution in [2.45, 2.75) is 17.3 Å². The van der Waals surface area contributed by atoms with Gasteiger partial charge in [-0.3, -0.25) is 9.59 Å². The Morgan fingerprint density at radius 3 is 2.46 bits per heavy atom. The van der Waals surface area contributed by atoms with Crippen molar-refractivity contribution in [2.75, 3.05) is 5.32 Å². The number of carbonyl (C=O) groups is 2. The van der Waals surface area contributed by atoms with Crippen molar-refractivity contribution in [3.05, 3.63) is 59.9 Å². The van der Waals surface area contributed by atoms with Crippen LogP contribution < -0.4 is 11.1 Å². The number of amides is 2. The van der Waals surface area contributed by atoms with Crippen molar-refractivity contribution in [2.24, 2.45) is 12.8 Å². The van der Waals surface area contributed by atoms with Crippen molar-refractivity contribution in [3.63, 3.8) is 0 Å². The summed E-state index contributed by atoms with van der Waals surface area (Å²) in [5.74, 6) is -0.781. The number of benzene rings is 2. The lowest BCUT2D eigenvalue weighted by Gasteiger charge is -2.12. The lowest BCUT2D eigenvalue weighted by atomic mass is 10.2. The molecule has 9 heteroatoms. The van der Waals surface area contributed by atoms with Gasteiger partial charge in [0.2, 0.25) is 11.8 Å². The summed E-state index contributed by atoms with van der Waals surface area (Å²) < 4.78 is 15.6. The normalized spacial score (nSPS) is 11.8. The fraction of sp³-hybridized carbons (Fsp3) is 0.158. The van der Waals surface area contributed by atoms with Crippen LogP contribution in [0.3, 0.4) is 0 Å². The highest BCUT2D eigenvalue weighted by atomic mass is 32.2. The molecule has 3 aromatic rings. The average molecular weight is 399 g/mol. The average Bonchev–Trinajstić information content (AvgIpc) is 3.03. The molecule has 1 atom stereocenters. The van der Waals surface area contributed by atoms with Gasteiger partial charge in [0, 0.05) is 18.3 Å². The number of hydrogen-bond donors (Lipinski definition) is 2. The van der Waals surface area contributed by atoms with Crippen LogP contribution in [0.4, 0.5) is 10.1 Å². The number of nitrogens with two attached hydrogens (primary N) is 1. The summed E-state index contributed by atoms with van der Waals surface area (Å²) >= 11 is 1.21. The monoisotopic (exact) mass is 399 g/mol. The smallest absolute Gasteiger partial charge is 0.248 e. The minimum atomic E-state index is -0.533. The van der Waals surface area contributed by atoms with Gasteiger partial charge in [0.25, 0.3) is 0 Å². The van der Waals surface area contributed by atoms with E-state index in [2.05, 4.69) is 15.5 Å². The van der Waals surface area contributed by atoms with Gasteiger partial charge in [-0.25, -0.2) is 4.39 Å². The zero-order valence-corrected chi connectivity index (χ0v) is 16.0. The van der Waals surface area contributed by atoms with Gasteiger partial charge in [0.1, 0.15) is 5.82 Å². The molecule has 0 saturated carbocycles. The number of thioether (sulfide) groups is 1. The Kier molecular flexibility index (Phi) is 5.74. The molecule has 0 spiro atoms. The molecule has 3 N–H and O–H groups in total. The Bertz CT molecular complexity index is 1020. The molecule has 0 unspecified atom stereocenters. The number of halogens is 1. The van der Waals surface area contributed by atoms with E-state index in [0.717, 1.165) is 0 Å². The molecule has 2 aromatic carbocycles. The number of carbonyl (C=O) groups excluding carboxylic acids is 2. The predicted molar refractivity (Wildman–Crippen MR) is 105 cm³/mol. The number of primary amides is 1. The third-order valence-corrected chi connectivity index (χ3v) is 5.17. The van der Waals surface area contributed by atoms with E-state index in [1.807, 2.05) is 0 Å². The fourth-order valence-corrected chi connectivity index (χ4v) is 3.28. The third kappa shape index (κ3) is 4.20. The van der Waals surface area contributed by atoms with Gasteiger partial charge in [-0.15, -0.1) is 10.2 Å². The maximum atomic E-state index is 14.0. The molecule has 0 aliphatic heterocycles. The van der Waals surface area contributed by atoms with E-state index in [9.17, 15) is 14.0 Å². The highest BCUT2D eigenvalue weighted by molar-refractivity contribution is 8.00. The van der Waals surface area contributed by atoms with Crippen LogP contribution in [0.25, 0.3) is 11.4 Å². The van der Waals surface area contributed by atoms with Crippen LogP contribution in [0.15, 0.2) is 53.7 Å². The molecule has 0 bridgehead atoms. The van der Waals surface area contributed by atoms with E-state index >= 15 is 0 Å². The first kappa shape index (κ1) is 19.6. The fourth-order valence-electron chi connectivity index (χ4n) is 2.47. The van der Waals surface area contributed by atoms with Crippen molar-refractivity contribution < 1.29 is 14.0 Å². The van der Waals surface area contributed by atoms with E-state index < -0.39 is 11.2 Å². The van der Waals surface area contributed by atoms with Crippen molar-refractivity contribution in [1.29, 1.82) is 0 Å². The summed E-state index contributed by atoms with van der Waals surface area (Å²) in [4.78, 5) is 23.5. The standard InChI is InChI=1S/C19H18FN5O2S/c1-11(18(27)22-13-9-7-12(8-10-13)16(21)26)28-19-24-23-17(25(19)2)14-5-3-4-6-15(14)20/h3-11H,1-2H3,(H2,21,26)(H,22,27)/t11-/m0/s1. The van der Waals surface area contributed by atoms with Gasteiger partial charge in [-0.1, -0.05) is 23.9 Å². The van der Waals surface area contributed by atoms with E-state index in [4.69, 9.17) is 5.73 Å². The highest BCUT2D eigenvalue weighted by Gasteiger charge is 2.20. The largest absolute Gasteiger partial charge is 0.366 e. The SMILES string of the molecule is C[C@H](Sc1nnc(-c2ccccc2F)n1C)C(=O)Nc1ccc(C(N)=O)cc1. The number of anilines is 1. The predicted octanol–water partition coefficient (Wildman–Crippen LogP) is 2.84. The van der Waals surface area contributed by atoms with Crippen LogP contribution in [0.2, 0.25) is 0 Å². The first-order valence-electron chi connectivity index (χ1n) is 8.38. The summed E-state index contributed by atoms with van der Waals surface area (Å²) in [6.07, 6.45) is 0. The molecule has 0 fully saturated rings. The molecule has 1 heterocycles. The number of nitrogens with one attached hydrogen (secondary N) is 1. The molecule has 7 nitrogen and oxygen atoms in total. The molecule has 0 aliphatic carbocycles. The summed E-state index contributed by atoms with van der Waals surface area (Å²) in [5.41, 5.74) is 6.45. The van der Waals surface area contributed by atoms with Crippen molar-refractivity contribution in [3.8, 4) is 11.4 Å². The molecule has 0 aliphatic rings. The first-order valence-corrected chi connectivity index (χ1v) is 9.26. The molecule has 2 amide bonds. The zero-order valence-electron chi connectivity index (χ0n) is 15.2. The van der Waals surface area contributed by atoms with E-state index in [0.29, 0.717) is 27.8 Å². The summed E-state index contributed by atoms with van der Waals surface area (Å²) in [7, 11) is 1.72. The maximum Gasteiger partial charge on any atom is 0.248 e. The second kappa shape index (κ2) is 8.22. The van der Waals surface area contributed by atoms with E-state index in [1.54, 1.807) is 61.0 Å². The lowest BCUT2D eigenvalue weighted by molar-refractivity contribution is -0.115. The summed E-state index contributed by atoms with van der Waals surface area (Å²) in [5, 5.41) is 10.9. The van der Waals surface area contributed by atoms with Crippen LogP contribution in [0.5, 0.6) is 0 Å². The molecular weight excluding hydrogens is 381 g/mol. The van der Waals surface area contributed by atoms with Gasteiger partial charge < -0.3 is 15.6 Å². The Morgan fingerprint density at radius 1 is 1.14 bits per heavy atom. The molecular formula is C19H18FN5O2S. The van der Waals surface area contributed by atoms with E-state index in [1.165, 1.54) is 17.8 Å². The minimum Gasteiger partial charge on any atom is -0.366 e. The summed E-state index contributed by atoms with van der Waals surface area (Å²) in [6.45, 7) is 1.73. The van der Waals surface area contributed by atoms with Crippen molar-refractivity contribution >= 4 is 29.3 Å². The number of aromatic nitrogens is 3.